The van der Waals surface area contributed by atoms with Crippen molar-refractivity contribution in [2.24, 2.45) is 0 Å². The zero-order valence-corrected chi connectivity index (χ0v) is 16.0. The van der Waals surface area contributed by atoms with Crippen LogP contribution in [0.2, 0.25) is 0 Å². The molecule has 0 saturated heterocycles. The van der Waals surface area contributed by atoms with Crippen LogP contribution in [0.1, 0.15) is 26.7 Å². The van der Waals surface area contributed by atoms with E-state index in [-0.39, 0.29) is 12.3 Å². The number of alkyl carbamates (subject to hydrolysis) is 1. The topological polar surface area (TPSA) is 73.6 Å². The number of ether oxygens (including phenoxy) is 2. The average molecular weight is 408 g/mol. The van der Waals surface area contributed by atoms with Gasteiger partial charge in [0.25, 0.3) is 0 Å². The van der Waals surface area contributed by atoms with E-state index in [1.165, 1.54) is 24.3 Å². The molecule has 9 heteroatoms. The smallest absolute Gasteiger partial charge is 0.444 e. The molecular weight excluding hydrogens is 389 g/mol. The maximum Gasteiger partial charge on any atom is 0.573 e. The number of aromatic nitrogens is 1. The standard InChI is InChI=1S/C20H19F3N2O4/c1-19(2,3)29-18(26)24-11-17-25-15-10-13(6-9-16(15)27-17)12-4-7-14(8-5-12)28-20(21,22)23/h4-10H,11H2,1-3H3,(H,24,26). The molecule has 1 heterocycles. The zero-order valence-electron chi connectivity index (χ0n) is 16.0. The quantitative estimate of drug-likeness (QED) is 0.624. The fourth-order valence-corrected chi connectivity index (χ4v) is 2.54. The van der Waals surface area contributed by atoms with Gasteiger partial charge in [0.05, 0.1) is 6.54 Å². The van der Waals surface area contributed by atoms with Crippen LogP contribution in [0.4, 0.5) is 18.0 Å². The van der Waals surface area contributed by atoms with Crippen LogP contribution in [0.3, 0.4) is 0 Å². The van der Waals surface area contributed by atoms with Gasteiger partial charge >= 0.3 is 12.5 Å². The lowest BCUT2D eigenvalue weighted by Gasteiger charge is -2.19. The molecule has 0 saturated carbocycles. The number of rotatable bonds is 4. The van der Waals surface area contributed by atoms with Crippen molar-refractivity contribution in [3.63, 3.8) is 0 Å². The molecule has 0 unspecified atom stereocenters. The summed E-state index contributed by atoms with van der Waals surface area (Å²) >= 11 is 0. The van der Waals surface area contributed by atoms with E-state index in [4.69, 9.17) is 9.15 Å². The Morgan fingerprint density at radius 3 is 2.34 bits per heavy atom. The van der Waals surface area contributed by atoms with Crippen molar-refractivity contribution in [3.8, 4) is 16.9 Å². The molecule has 0 radical (unpaired) electrons. The third-order valence-electron chi connectivity index (χ3n) is 3.64. The van der Waals surface area contributed by atoms with Crippen molar-refractivity contribution in [2.75, 3.05) is 0 Å². The Kier molecular flexibility index (Phi) is 5.41. The number of alkyl halides is 3. The second-order valence-corrected chi connectivity index (χ2v) is 7.22. The molecule has 3 rings (SSSR count). The molecule has 2 aromatic carbocycles. The van der Waals surface area contributed by atoms with Crippen molar-refractivity contribution < 1.29 is 31.9 Å². The molecule has 154 valence electrons. The zero-order chi connectivity index (χ0) is 21.2. The molecule has 0 aliphatic heterocycles. The van der Waals surface area contributed by atoms with E-state index in [1.54, 1.807) is 39.0 Å². The predicted molar refractivity (Wildman–Crippen MR) is 99.2 cm³/mol. The number of hydrogen-bond donors (Lipinski definition) is 1. The number of fused-ring (bicyclic) bond motifs is 1. The van der Waals surface area contributed by atoms with Gasteiger partial charge in [0.1, 0.15) is 16.9 Å². The number of halogens is 3. The van der Waals surface area contributed by atoms with E-state index < -0.39 is 18.1 Å². The van der Waals surface area contributed by atoms with Gasteiger partial charge in [0.15, 0.2) is 5.58 Å². The highest BCUT2D eigenvalue weighted by Crippen LogP contribution is 2.28. The molecule has 0 aliphatic rings. The minimum atomic E-state index is -4.73. The van der Waals surface area contributed by atoms with Gasteiger partial charge in [0, 0.05) is 0 Å². The summed E-state index contributed by atoms with van der Waals surface area (Å²) in [5.41, 5.74) is 1.90. The summed E-state index contributed by atoms with van der Waals surface area (Å²) in [6, 6.07) is 10.7. The number of carbonyl (C=O) groups is 1. The summed E-state index contributed by atoms with van der Waals surface area (Å²) in [4.78, 5) is 16.0. The molecular formula is C20H19F3N2O4. The molecule has 6 nitrogen and oxygen atoms in total. The second kappa shape index (κ2) is 7.65. The summed E-state index contributed by atoms with van der Waals surface area (Å²) in [5, 5.41) is 2.56. The molecule has 3 aromatic rings. The van der Waals surface area contributed by atoms with Crippen molar-refractivity contribution in [1.29, 1.82) is 0 Å². The molecule has 0 bridgehead atoms. The van der Waals surface area contributed by atoms with Crippen LogP contribution in [-0.2, 0) is 11.3 Å². The predicted octanol–water partition coefficient (Wildman–Crippen LogP) is 5.42. The fraction of sp³-hybridized carbons (Fsp3) is 0.300. The highest BCUT2D eigenvalue weighted by Gasteiger charge is 2.31. The van der Waals surface area contributed by atoms with Crippen LogP contribution < -0.4 is 10.1 Å². The summed E-state index contributed by atoms with van der Waals surface area (Å²) < 4.78 is 51.4. The molecule has 0 fully saturated rings. The van der Waals surface area contributed by atoms with Crippen LogP contribution in [0.15, 0.2) is 46.9 Å². The van der Waals surface area contributed by atoms with Crippen LogP contribution in [0.5, 0.6) is 5.75 Å². The summed E-state index contributed by atoms with van der Waals surface area (Å²) in [6.45, 7) is 5.34. The van der Waals surface area contributed by atoms with Gasteiger partial charge in [-0.25, -0.2) is 9.78 Å². The lowest BCUT2D eigenvalue weighted by molar-refractivity contribution is -0.274. The normalized spacial score (nSPS) is 12.1. The summed E-state index contributed by atoms with van der Waals surface area (Å²) in [6.07, 6.45) is -5.31. The number of nitrogens with one attached hydrogen (secondary N) is 1. The maximum atomic E-state index is 12.3. The minimum absolute atomic E-state index is 0.0579. The van der Waals surface area contributed by atoms with E-state index in [1.807, 2.05) is 0 Å². The van der Waals surface area contributed by atoms with E-state index in [9.17, 15) is 18.0 Å². The average Bonchev–Trinajstić information content (AvgIpc) is 3.00. The Morgan fingerprint density at radius 1 is 1.07 bits per heavy atom. The first-order chi connectivity index (χ1) is 13.5. The van der Waals surface area contributed by atoms with E-state index in [2.05, 4.69) is 15.0 Å². The highest BCUT2D eigenvalue weighted by atomic mass is 19.4. The number of hydrogen-bond acceptors (Lipinski definition) is 5. The first-order valence-corrected chi connectivity index (χ1v) is 8.71. The SMILES string of the molecule is CC(C)(C)OC(=O)NCc1nc2cc(-c3ccc(OC(F)(F)F)cc3)ccc2o1. The van der Waals surface area contributed by atoms with Crippen LogP contribution >= 0.6 is 0 Å². The van der Waals surface area contributed by atoms with Gasteiger partial charge in [0.2, 0.25) is 5.89 Å². The van der Waals surface area contributed by atoms with Crippen molar-refractivity contribution in [1.82, 2.24) is 10.3 Å². The minimum Gasteiger partial charge on any atom is -0.444 e. The van der Waals surface area contributed by atoms with Gasteiger partial charge in [-0.3, -0.25) is 0 Å². The van der Waals surface area contributed by atoms with Crippen LogP contribution in [-0.4, -0.2) is 23.0 Å². The molecule has 1 aromatic heterocycles. The first-order valence-electron chi connectivity index (χ1n) is 8.71. The second-order valence-electron chi connectivity index (χ2n) is 7.22. The third-order valence-corrected chi connectivity index (χ3v) is 3.64. The van der Waals surface area contributed by atoms with Gasteiger partial charge in [-0.1, -0.05) is 18.2 Å². The Hall–Kier alpha value is -3.23. The maximum absolute atomic E-state index is 12.3. The lowest BCUT2D eigenvalue weighted by Crippen LogP contribution is -2.32. The van der Waals surface area contributed by atoms with Gasteiger partial charge < -0.3 is 19.2 Å². The summed E-state index contributed by atoms with van der Waals surface area (Å²) in [5.74, 6) is 0.0104. The van der Waals surface area contributed by atoms with E-state index in [0.29, 0.717) is 22.6 Å². The van der Waals surface area contributed by atoms with Gasteiger partial charge in [-0.15, -0.1) is 13.2 Å². The lowest BCUT2D eigenvalue weighted by atomic mass is 10.1. The molecule has 1 amide bonds. The van der Waals surface area contributed by atoms with Gasteiger partial charge in [-0.2, -0.15) is 0 Å². The molecule has 0 aliphatic carbocycles. The first kappa shape index (κ1) is 20.5. The van der Waals surface area contributed by atoms with Crippen molar-refractivity contribution in [2.45, 2.75) is 39.3 Å². The third kappa shape index (κ3) is 5.87. The van der Waals surface area contributed by atoms with E-state index >= 15 is 0 Å². The largest absolute Gasteiger partial charge is 0.573 e. The Labute approximate surface area is 164 Å². The molecule has 0 spiro atoms. The highest BCUT2D eigenvalue weighted by molar-refractivity contribution is 5.80. The number of amides is 1. The van der Waals surface area contributed by atoms with Crippen LogP contribution in [0.25, 0.3) is 22.2 Å². The number of benzene rings is 2. The number of nitrogens with zero attached hydrogens (tertiary/aromatic N) is 1. The van der Waals surface area contributed by atoms with Crippen molar-refractivity contribution in [3.05, 3.63) is 48.4 Å². The van der Waals surface area contributed by atoms with Gasteiger partial charge in [-0.05, 0) is 56.2 Å². The molecule has 0 atom stereocenters. The Bertz CT molecular complexity index is 1010. The Balaban J connectivity index is 1.71. The van der Waals surface area contributed by atoms with Crippen LogP contribution in [0, 0.1) is 0 Å². The fourth-order valence-electron chi connectivity index (χ4n) is 2.54. The Morgan fingerprint density at radius 2 is 1.72 bits per heavy atom. The molecule has 1 N–H and O–H groups in total. The number of oxazole rings is 1. The monoisotopic (exact) mass is 408 g/mol. The molecule has 29 heavy (non-hydrogen) atoms. The summed E-state index contributed by atoms with van der Waals surface area (Å²) in [7, 11) is 0. The van der Waals surface area contributed by atoms with E-state index in [0.717, 1.165) is 5.56 Å². The number of carbonyl (C=O) groups excluding carboxylic acids is 1. The van der Waals surface area contributed by atoms with Crippen molar-refractivity contribution >= 4 is 17.2 Å².